The summed E-state index contributed by atoms with van der Waals surface area (Å²) in [5, 5.41) is 0. The van der Waals surface area contributed by atoms with Crippen LogP contribution in [0.15, 0.2) is 0 Å². The van der Waals surface area contributed by atoms with E-state index in [1.54, 1.807) is 10.0 Å². The Morgan fingerprint density at radius 1 is 0.955 bits per heavy atom. The van der Waals surface area contributed by atoms with E-state index in [1.165, 1.54) is 20.8 Å². The number of hydrogen-bond acceptors (Lipinski definition) is 8. The topological polar surface area (TPSA) is 88.1 Å². The second-order valence-electron chi connectivity index (χ2n) is 4.92. The fourth-order valence-corrected chi connectivity index (χ4v) is 6.65. The van der Waals surface area contributed by atoms with Crippen LogP contribution in [0.1, 0.15) is 20.8 Å². The van der Waals surface area contributed by atoms with Crippen molar-refractivity contribution in [2.24, 2.45) is 0 Å². The molecular formula is C13H21AsO7S. The van der Waals surface area contributed by atoms with Gasteiger partial charge in [-0.3, -0.25) is 0 Å². The van der Waals surface area contributed by atoms with Gasteiger partial charge in [-0.25, -0.2) is 0 Å². The standard InChI is InChI=1S/C13H21AsO7S/c1-7(15)19-10-6-18-13(22-14(4)5)12(21-9(3)17)11(10)20-8(2)16/h10-13H,6H2,1-5H3. The third-order valence-electron chi connectivity index (χ3n) is 2.62. The molecule has 0 aromatic rings. The van der Waals surface area contributed by atoms with Crippen molar-refractivity contribution in [3.63, 3.8) is 0 Å². The van der Waals surface area contributed by atoms with Crippen molar-refractivity contribution in [1.29, 1.82) is 0 Å². The average Bonchev–Trinajstić information content (AvgIpc) is 2.34. The molecule has 22 heavy (non-hydrogen) atoms. The second kappa shape index (κ2) is 8.79. The second-order valence-corrected chi connectivity index (χ2v) is 14.1. The molecule has 1 rings (SSSR count). The van der Waals surface area contributed by atoms with Gasteiger partial charge in [0, 0.05) is 0 Å². The van der Waals surface area contributed by atoms with Gasteiger partial charge in [0.15, 0.2) is 0 Å². The van der Waals surface area contributed by atoms with Crippen LogP contribution in [-0.4, -0.2) is 61.8 Å². The Morgan fingerprint density at radius 3 is 1.91 bits per heavy atom. The van der Waals surface area contributed by atoms with Gasteiger partial charge < -0.3 is 0 Å². The fraction of sp³-hybridized carbons (Fsp3) is 0.769. The summed E-state index contributed by atoms with van der Waals surface area (Å²) in [7, 11) is 1.59. The molecule has 0 N–H and O–H groups in total. The minimum absolute atomic E-state index is 0.0925. The molecule has 0 radical (unpaired) electrons. The molecular weight excluding hydrogens is 375 g/mol. The van der Waals surface area contributed by atoms with Crippen molar-refractivity contribution >= 4 is 41.4 Å². The van der Waals surface area contributed by atoms with E-state index in [-0.39, 0.29) is 6.61 Å². The van der Waals surface area contributed by atoms with Crippen LogP contribution in [-0.2, 0) is 33.3 Å². The van der Waals surface area contributed by atoms with Crippen LogP contribution in [0, 0.1) is 0 Å². The summed E-state index contributed by atoms with van der Waals surface area (Å²) < 4.78 is 21.4. The minimum atomic E-state index is -1.15. The Morgan fingerprint density at radius 2 is 1.45 bits per heavy atom. The molecule has 1 fully saturated rings. The molecule has 0 amide bonds. The maximum atomic E-state index is 11.4. The van der Waals surface area contributed by atoms with Gasteiger partial charge in [-0.2, -0.15) is 0 Å². The van der Waals surface area contributed by atoms with Crippen LogP contribution in [0.5, 0.6) is 0 Å². The molecule has 1 aliphatic heterocycles. The molecule has 1 aliphatic rings. The Hall–Kier alpha value is -0.722. The molecule has 9 heteroatoms. The SMILES string of the molecule is CC(=O)OC1COC(S[As](C)C)C(OC(C)=O)C1OC(C)=O. The van der Waals surface area contributed by atoms with E-state index in [0.29, 0.717) is 0 Å². The van der Waals surface area contributed by atoms with Crippen LogP contribution in [0.4, 0.5) is 0 Å². The Balaban J connectivity index is 3.00. The van der Waals surface area contributed by atoms with Crippen molar-refractivity contribution < 1.29 is 33.3 Å². The molecule has 126 valence electrons. The van der Waals surface area contributed by atoms with Crippen LogP contribution in [0.3, 0.4) is 0 Å². The van der Waals surface area contributed by atoms with Gasteiger partial charge in [0.25, 0.3) is 0 Å². The van der Waals surface area contributed by atoms with Gasteiger partial charge in [0.05, 0.1) is 0 Å². The molecule has 0 saturated carbocycles. The number of ether oxygens (including phenoxy) is 4. The zero-order chi connectivity index (χ0) is 16.9. The molecule has 0 bridgehead atoms. The van der Waals surface area contributed by atoms with E-state index in [0.717, 1.165) is 0 Å². The molecule has 4 unspecified atom stereocenters. The maximum absolute atomic E-state index is 11.4. The molecule has 1 heterocycles. The monoisotopic (exact) mass is 396 g/mol. The van der Waals surface area contributed by atoms with Crippen LogP contribution in [0.25, 0.3) is 0 Å². The number of rotatable bonds is 5. The van der Waals surface area contributed by atoms with Crippen LogP contribution >= 0.6 is 10.0 Å². The van der Waals surface area contributed by atoms with Crippen LogP contribution in [0.2, 0.25) is 11.4 Å². The van der Waals surface area contributed by atoms with Crippen molar-refractivity contribution in [3.8, 4) is 0 Å². The zero-order valence-electron chi connectivity index (χ0n) is 13.2. The number of carbonyl (C=O) groups is 3. The van der Waals surface area contributed by atoms with E-state index < -0.39 is 55.2 Å². The molecule has 7 nitrogen and oxygen atoms in total. The van der Waals surface area contributed by atoms with E-state index >= 15 is 0 Å². The summed E-state index contributed by atoms with van der Waals surface area (Å²) in [4.78, 5) is 33.9. The Kier molecular flexibility index (Phi) is 7.72. The van der Waals surface area contributed by atoms with E-state index in [9.17, 15) is 14.4 Å². The van der Waals surface area contributed by atoms with E-state index in [1.807, 2.05) is 0 Å². The summed E-state index contributed by atoms with van der Waals surface area (Å²) >= 11 is -1.15. The van der Waals surface area contributed by atoms with Gasteiger partial charge >= 0.3 is 137 Å². The molecule has 1 saturated heterocycles. The quantitative estimate of drug-likeness (QED) is 0.388. The zero-order valence-corrected chi connectivity index (χ0v) is 15.9. The van der Waals surface area contributed by atoms with Gasteiger partial charge in [-0.15, -0.1) is 0 Å². The van der Waals surface area contributed by atoms with Gasteiger partial charge in [0.1, 0.15) is 0 Å². The average molecular weight is 396 g/mol. The Bertz CT molecular complexity index is 429. The first kappa shape index (κ1) is 19.3. The van der Waals surface area contributed by atoms with Gasteiger partial charge in [0.2, 0.25) is 0 Å². The van der Waals surface area contributed by atoms with Crippen molar-refractivity contribution in [1.82, 2.24) is 0 Å². The predicted molar refractivity (Wildman–Crippen MR) is 81.5 cm³/mol. The molecule has 0 aromatic carbocycles. The fourth-order valence-electron chi connectivity index (χ4n) is 2.01. The normalized spacial score (nSPS) is 28.1. The number of hydrogen-bond donors (Lipinski definition) is 0. The van der Waals surface area contributed by atoms with Crippen molar-refractivity contribution in [2.75, 3.05) is 6.61 Å². The summed E-state index contributed by atoms with van der Waals surface area (Å²) in [6.07, 6.45) is -2.47. The molecule has 4 atom stereocenters. The summed E-state index contributed by atoms with van der Waals surface area (Å²) in [6, 6.07) is 0. The van der Waals surface area contributed by atoms with Crippen LogP contribution < -0.4 is 0 Å². The third kappa shape index (κ3) is 6.18. The van der Waals surface area contributed by atoms with E-state index in [2.05, 4.69) is 11.4 Å². The third-order valence-corrected chi connectivity index (χ3v) is 7.61. The number of esters is 3. The van der Waals surface area contributed by atoms with Crippen molar-refractivity contribution in [2.45, 2.75) is 55.9 Å². The summed E-state index contributed by atoms with van der Waals surface area (Å²) in [6.45, 7) is 3.88. The summed E-state index contributed by atoms with van der Waals surface area (Å²) in [5.41, 5.74) is 3.80. The number of carbonyl (C=O) groups excluding carboxylic acids is 3. The predicted octanol–water partition coefficient (Wildman–Crippen LogP) is 1.12. The first-order chi connectivity index (χ1) is 10.2. The van der Waals surface area contributed by atoms with Gasteiger partial charge in [-0.1, -0.05) is 0 Å². The molecule has 0 aromatic heterocycles. The van der Waals surface area contributed by atoms with Gasteiger partial charge in [-0.05, 0) is 0 Å². The molecule has 0 aliphatic carbocycles. The van der Waals surface area contributed by atoms with E-state index in [4.69, 9.17) is 18.9 Å². The summed E-state index contributed by atoms with van der Waals surface area (Å²) in [5.74, 6) is -1.56. The first-order valence-electron chi connectivity index (χ1n) is 6.68. The Labute approximate surface area is 137 Å². The first-order valence-corrected chi connectivity index (χ1v) is 13.6. The van der Waals surface area contributed by atoms with Crippen molar-refractivity contribution in [3.05, 3.63) is 0 Å². The molecule has 0 spiro atoms.